The average Bonchev–Trinajstić information content (AvgIpc) is 3.82. The molecule has 42 heavy (non-hydrogen) atoms. The van der Waals surface area contributed by atoms with Crippen LogP contribution >= 0.6 is 0 Å². The van der Waals surface area contributed by atoms with Crippen molar-refractivity contribution in [2.75, 3.05) is 0 Å². The highest BCUT2D eigenvalue weighted by atomic mass is 19.1. The number of hydrogen-bond acceptors (Lipinski definition) is 5. The summed E-state index contributed by atoms with van der Waals surface area (Å²) in [4.78, 5) is 20.6. The van der Waals surface area contributed by atoms with Crippen LogP contribution in [0, 0.1) is 5.82 Å². The van der Waals surface area contributed by atoms with Crippen molar-refractivity contribution in [3.05, 3.63) is 84.3 Å². The molecule has 7 rings (SSSR count). The highest BCUT2D eigenvalue weighted by molar-refractivity contribution is 6.08. The summed E-state index contributed by atoms with van der Waals surface area (Å²) in [6.45, 7) is 2.68. The molecule has 1 saturated carbocycles. The van der Waals surface area contributed by atoms with Crippen LogP contribution in [0.25, 0.3) is 39.1 Å². The molecule has 5 aromatic rings. The molecule has 1 fully saturated rings. The minimum Gasteiger partial charge on any atom is -0.316 e. The van der Waals surface area contributed by atoms with Crippen LogP contribution in [-0.2, 0) is 11.3 Å². The van der Waals surface area contributed by atoms with Crippen LogP contribution < -0.4 is 0 Å². The van der Waals surface area contributed by atoms with E-state index in [4.69, 9.17) is 4.99 Å². The van der Waals surface area contributed by atoms with Crippen molar-refractivity contribution in [3.8, 4) is 28.2 Å². The van der Waals surface area contributed by atoms with Gasteiger partial charge in [0.25, 0.3) is 5.91 Å². The number of carbonyl (C=O) groups is 1. The van der Waals surface area contributed by atoms with Gasteiger partial charge in [0, 0.05) is 29.3 Å². The van der Waals surface area contributed by atoms with Gasteiger partial charge >= 0.3 is 0 Å². The third-order valence-corrected chi connectivity index (χ3v) is 8.61. The van der Waals surface area contributed by atoms with Crippen LogP contribution in [0.15, 0.2) is 77.9 Å². The number of halogens is 1. The number of aromatic amines is 1. The number of benzene rings is 3. The van der Waals surface area contributed by atoms with E-state index in [2.05, 4.69) is 57.9 Å². The summed E-state index contributed by atoms with van der Waals surface area (Å²) >= 11 is 0. The van der Waals surface area contributed by atoms with Gasteiger partial charge < -0.3 is 4.57 Å². The van der Waals surface area contributed by atoms with E-state index in [9.17, 15) is 9.18 Å². The number of H-pyrrole nitrogens is 1. The van der Waals surface area contributed by atoms with Gasteiger partial charge in [-0.05, 0) is 83.6 Å². The van der Waals surface area contributed by atoms with Gasteiger partial charge in [-0.3, -0.25) is 14.7 Å². The SMILES string of the molecule is CCCCC1=NC2(CCCC2)C(=O)N1Cc1ccc(-c2cc(-n3ccc4ccc(F)cc43)ccc2-c2nn[nH]n2)cc1. The predicted molar refractivity (Wildman–Crippen MR) is 161 cm³/mol. The van der Waals surface area contributed by atoms with Crippen LogP contribution in [-0.4, -0.2) is 47.4 Å². The molecule has 0 saturated heterocycles. The number of nitrogens with one attached hydrogen (secondary N) is 1. The van der Waals surface area contributed by atoms with Gasteiger partial charge in [0.05, 0.1) is 12.1 Å². The molecule has 1 amide bonds. The largest absolute Gasteiger partial charge is 0.316 e. The van der Waals surface area contributed by atoms with Crippen molar-refractivity contribution in [1.82, 2.24) is 30.1 Å². The Labute approximate surface area is 243 Å². The molecule has 0 bridgehead atoms. The maximum atomic E-state index is 14.1. The molecule has 2 aromatic heterocycles. The first-order valence-electron chi connectivity index (χ1n) is 14.7. The number of carbonyl (C=O) groups excluding carboxylic acids is 1. The van der Waals surface area contributed by atoms with E-state index in [1.54, 1.807) is 12.1 Å². The van der Waals surface area contributed by atoms with E-state index < -0.39 is 5.54 Å². The van der Waals surface area contributed by atoms with E-state index >= 15 is 0 Å². The Morgan fingerprint density at radius 3 is 2.57 bits per heavy atom. The molecule has 212 valence electrons. The topological polar surface area (TPSA) is 92.1 Å². The van der Waals surface area contributed by atoms with E-state index in [0.717, 1.165) is 89.6 Å². The average molecular weight is 562 g/mol. The highest BCUT2D eigenvalue weighted by Gasteiger charge is 2.49. The molecule has 3 heterocycles. The number of aliphatic imine (C=N–C) groups is 1. The number of amidine groups is 1. The van der Waals surface area contributed by atoms with Crippen LogP contribution in [0.1, 0.15) is 57.4 Å². The fourth-order valence-electron chi connectivity index (χ4n) is 6.39. The second-order valence-corrected chi connectivity index (χ2v) is 11.3. The Balaban J connectivity index is 1.22. The first kappa shape index (κ1) is 26.3. The highest BCUT2D eigenvalue weighted by Crippen LogP contribution is 2.40. The molecule has 1 spiro atoms. The first-order valence-corrected chi connectivity index (χ1v) is 14.7. The number of rotatable bonds is 8. The van der Waals surface area contributed by atoms with E-state index in [0.29, 0.717) is 12.4 Å². The monoisotopic (exact) mass is 561 g/mol. The van der Waals surface area contributed by atoms with Crippen LogP contribution in [0.5, 0.6) is 0 Å². The van der Waals surface area contributed by atoms with Crippen molar-refractivity contribution < 1.29 is 9.18 Å². The maximum Gasteiger partial charge on any atom is 0.256 e. The lowest BCUT2D eigenvalue weighted by Gasteiger charge is -2.23. The number of hydrogen-bond donors (Lipinski definition) is 1. The van der Waals surface area contributed by atoms with Crippen LogP contribution in [0.4, 0.5) is 4.39 Å². The minimum atomic E-state index is -0.533. The molecule has 8 nitrogen and oxygen atoms in total. The second-order valence-electron chi connectivity index (χ2n) is 11.3. The zero-order chi connectivity index (χ0) is 28.7. The Morgan fingerprint density at radius 2 is 1.81 bits per heavy atom. The van der Waals surface area contributed by atoms with Crippen molar-refractivity contribution >= 4 is 22.6 Å². The zero-order valence-electron chi connectivity index (χ0n) is 23.6. The second kappa shape index (κ2) is 10.6. The summed E-state index contributed by atoms with van der Waals surface area (Å²) in [6, 6.07) is 21.1. The third kappa shape index (κ3) is 4.58. The Bertz CT molecular complexity index is 1780. The van der Waals surface area contributed by atoms with Gasteiger partial charge in [-0.25, -0.2) is 4.39 Å². The predicted octanol–water partition coefficient (Wildman–Crippen LogP) is 6.86. The number of unbranched alkanes of at least 4 members (excludes halogenated alkanes) is 1. The molecule has 1 aliphatic heterocycles. The van der Waals surface area contributed by atoms with E-state index in [1.165, 1.54) is 6.07 Å². The van der Waals surface area contributed by atoms with Gasteiger partial charge in [0.1, 0.15) is 17.2 Å². The summed E-state index contributed by atoms with van der Waals surface area (Å²) in [6.07, 6.45) is 8.71. The quantitative estimate of drug-likeness (QED) is 0.224. The fraction of sp³-hybridized carbons (Fsp3) is 0.303. The summed E-state index contributed by atoms with van der Waals surface area (Å²) in [7, 11) is 0. The van der Waals surface area contributed by atoms with Gasteiger partial charge in [0.2, 0.25) is 5.82 Å². The number of tetrazole rings is 1. The Morgan fingerprint density at radius 1 is 0.976 bits per heavy atom. The molecule has 3 aromatic carbocycles. The zero-order valence-corrected chi connectivity index (χ0v) is 23.6. The lowest BCUT2D eigenvalue weighted by molar-refractivity contribution is -0.131. The Hall–Kier alpha value is -4.66. The molecule has 1 N–H and O–H groups in total. The molecule has 1 aliphatic carbocycles. The fourth-order valence-corrected chi connectivity index (χ4v) is 6.39. The molecular weight excluding hydrogens is 529 g/mol. The molecule has 0 radical (unpaired) electrons. The molecule has 2 aliphatic rings. The van der Waals surface area contributed by atoms with Crippen molar-refractivity contribution in [2.45, 2.75) is 64.0 Å². The van der Waals surface area contributed by atoms with Crippen molar-refractivity contribution in [3.63, 3.8) is 0 Å². The molecule has 0 unspecified atom stereocenters. The van der Waals surface area contributed by atoms with Gasteiger partial charge in [-0.2, -0.15) is 5.21 Å². The smallest absolute Gasteiger partial charge is 0.256 e. The van der Waals surface area contributed by atoms with Gasteiger partial charge in [-0.1, -0.05) is 50.5 Å². The number of nitrogens with zero attached hydrogens (tertiary/aromatic N) is 6. The molecular formula is C33H32FN7O. The van der Waals surface area contributed by atoms with Gasteiger partial charge in [-0.15, -0.1) is 10.2 Å². The standard InChI is InChI=1S/C33H32FN7O/c1-2-3-6-30-35-33(16-4-5-17-33)32(42)41(30)21-22-7-9-23(10-8-22)28-20-26(13-14-27(28)31-36-38-39-37-31)40-18-15-24-11-12-25(34)19-29(24)40/h7-15,18-20H,2-6,16-17,21H2,1H3,(H,36,37,38,39). The lowest BCUT2D eigenvalue weighted by Crippen LogP contribution is -2.40. The summed E-state index contributed by atoms with van der Waals surface area (Å²) < 4.78 is 16.1. The van der Waals surface area contributed by atoms with Crippen LogP contribution in [0.2, 0.25) is 0 Å². The lowest BCUT2D eigenvalue weighted by atomic mass is 9.96. The molecule has 0 atom stereocenters. The maximum absolute atomic E-state index is 14.1. The van der Waals surface area contributed by atoms with Crippen LogP contribution in [0.3, 0.4) is 0 Å². The number of aromatic nitrogens is 5. The third-order valence-electron chi connectivity index (χ3n) is 8.61. The summed E-state index contributed by atoms with van der Waals surface area (Å²) in [5, 5.41) is 15.7. The summed E-state index contributed by atoms with van der Waals surface area (Å²) in [5.41, 5.74) is 4.93. The number of amides is 1. The first-order chi connectivity index (χ1) is 20.5. The van der Waals surface area contributed by atoms with E-state index in [-0.39, 0.29) is 11.7 Å². The van der Waals surface area contributed by atoms with Crippen molar-refractivity contribution in [1.29, 1.82) is 0 Å². The van der Waals surface area contributed by atoms with Gasteiger partial charge in [0.15, 0.2) is 0 Å². The number of fused-ring (bicyclic) bond motifs is 1. The Kier molecular flexibility index (Phi) is 6.64. The summed E-state index contributed by atoms with van der Waals surface area (Å²) in [5.74, 6) is 1.32. The normalized spacial score (nSPS) is 16.2. The van der Waals surface area contributed by atoms with E-state index in [1.807, 2.05) is 33.9 Å². The molecule has 9 heteroatoms. The van der Waals surface area contributed by atoms with Crippen molar-refractivity contribution in [2.24, 2.45) is 4.99 Å². The minimum absolute atomic E-state index is 0.164.